The van der Waals surface area contributed by atoms with Crippen molar-refractivity contribution in [2.45, 2.75) is 6.92 Å². The average molecular weight is 242 g/mol. The molecule has 0 bridgehead atoms. The largest absolute Gasteiger partial charge is 0.0616 e. The lowest BCUT2D eigenvalue weighted by Gasteiger charge is -2.10. The van der Waals surface area contributed by atoms with Crippen molar-refractivity contribution in [3.63, 3.8) is 0 Å². The molecule has 4 aromatic carbocycles. The molecule has 0 amide bonds. The molecule has 4 aromatic rings. The quantitative estimate of drug-likeness (QED) is 0.359. The summed E-state index contributed by atoms with van der Waals surface area (Å²) < 4.78 is 0. The molecule has 0 fully saturated rings. The molecule has 0 radical (unpaired) electrons. The molecule has 90 valence electrons. The van der Waals surface area contributed by atoms with Crippen molar-refractivity contribution in [1.82, 2.24) is 0 Å². The third-order valence-electron chi connectivity index (χ3n) is 3.96. The zero-order chi connectivity index (χ0) is 12.8. The van der Waals surface area contributed by atoms with Crippen LogP contribution in [0.1, 0.15) is 5.56 Å². The first-order valence-electron chi connectivity index (χ1n) is 6.64. The Kier molecular flexibility index (Phi) is 2.13. The summed E-state index contributed by atoms with van der Waals surface area (Å²) in [5, 5.41) is 8.07. The Morgan fingerprint density at radius 2 is 1.16 bits per heavy atom. The van der Waals surface area contributed by atoms with Gasteiger partial charge < -0.3 is 0 Å². The normalized spacial score (nSPS) is 11.4. The summed E-state index contributed by atoms with van der Waals surface area (Å²) in [5.74, 6) is 0. The molecule has 0 unspecified atom stereocenters. The van der Waals surface area contributed by atoms with Crippen LogP contribution >= 0.6 is 0 Å². The van der Waals surface area contributed by atoms with Crippen molar-refractivity contribution >= 4 is 32.3 Å². The van der Waals surface area contributed by atoms with Gasteiger partial charge in [-0.05, 0) is 44.8 Å². The van der Waals surface area contributed by atoms with Crippen molar-refractivity contribution in [2.24, 2.45) is 0 Å². The maximum absolute atomic E-state index is 2.23. The minimum atomic E-state index is 1.31. The molecule has 0 aromatic heterocycles. The van der Waals surface area contributed by atoms with E-state index in [1.54, 1.807) is 0 Å². The molecule has 19 heavy (non-hydrogen) atoms. The topological polar surface area (TPSA) is 0 Å². The summed E-state index contributed by atoms with van der Waals surface area (Å²) in [7, 11) is 0. The van der Waals surface area contributed by atoms with Crippen LogP contribution in [0, 0.1) is 6.92 Å². The molecule has 0 heterocycles. The Morgan fingerprint density at radius 1 is 0.526 bits per heavy atom. The van der Waals surface area contributed by atoms with Crippen LogP contribution < -0.4 is 0 Å². The summed E-state index contributed by atoms with van der Waals surface area (Å²) in [5.41, 5.74) is 1.35. The first-order valence-corrected chi connectivity index (χ1v) is 6.64. The van der Waals surface area contributed by atoms with Gasteiger partial charge in [0.1, 0.15) is 0 Å². The van der Waals surface area contributed by atoms with Crippen LogP contribution in [-0.4, -0.2) is 0 Å². The first kappa shape index (κ1) is 10.6. The second-order valence-electron chi connectivity index (χ2n) is 5.12. The third kappa shape index (κ3) is 1.47. The highest BCUT2D eigenvalue weighted by molar-refractivity contribution is 6.20. The molecule has 0 aliphatic rings. The summed E-state index contributed by atoms with van der Waals surface area (Å²) in [6, 6.07) is 24.1. The zero-order valence-electron chi connectivity index (χ0n) is 10.9. The molecular weight excluding hydrogens is 228 g/mol. The van der Waals surface area contributed by atoms with Gasteiger partial charge >= 0.3 is 0 Å². The molecule has 0 aliphatic carbocycles. The fourth-order valence-electron chi connectivity index (χ4n) is 3.06. The number of hydrogen-bond acceptors (Lipinski definition) is 0. The molecule has 0 atom stereocenters. The second-order valence-corrected chi connectivity index (χ2v) is 5.12. The van der Waals surface area contributed by atoms with Crippen molar-refractivity contribution in [2.75, 3.05) is 0 Å². The average Bonchev–Trinajstić information content (AvgIpc) is 2.47. The molecule has 0 saturated carbocycles. The van der Waals surface area contributed by atoms with E-state index in [2.05, 4.69) is 73.7 Å². The second kappa shape index (κ2) is 3.83. The van der Waals surface area contributed by atoms with Gasteiger partial charge in [0.2, 0.25) is 0 Å². The Hall–Kier alpha value is -2.34. The van der Waals surface area contributed by atoms with Crippen molar-refractivity contribution in [1.29, 1.82) is 0 Å². The van der Waals surface area contributed by atoms with E-state index >= 15 is 0 Å². The molecule has 4 rings (SSSR count). The fourth-order valence-corrected chi connectivity index (χ4v) is 3.06. The number of hydrogen-bond donors (Lipinski definition) is 0. The van der Waals surface area contributed by atoms with Gasteiger partial charge in [-0.2, -0.15) is 0 Å². The predicted octanol–water partition coefficient (Wildman–Crippen LogP) is 5.45. The summed E-state index contributed by atoms with van der Waals surface area (Å²) in [6.07, 6.45) is 0. The van der Waals surface area contributed by atoms with Crippen molar-refractivity contribution < 1.29 is 0 Å². The zero-order valence-corrected chi connectivity index (χ0v) is 10.9. The highest BCUT2D eigenvalue weighted by Crippen LogP contribution is 2.33. The van der Waals surface area contributed by atoms with Gasteiger partial charge in [0.05, 0.1) is 0 Å². The summed E-state index contributed by atoms with van der Waals surface area (Å²) >= 11 is 0. The Bertz CT molecular complexity index is 911. The van der Waals surface area contributed by atoms with Gasteiger partial charge in [0.25, 0.3) is 0 Å². The third-order valence-corrected chi connectivity index (χ3v) is 3.96. The maximum atomic E-state index is 2.23. The number of rotatable bonds is 0. The minimum Gasteiger partial charge on any atom is -0.0616 e. The van der Waals surface area contributed by atoms with Gasteiger partial charge in [0, 0.05) is 0 Å². The fraction of sp³-hybridized carbons (Fsp3) is 0.0526. The lowest BCUT2D eigenvalue weighted by molar-refractivity contribution is 1.55. The Morgan fingerprint density at radius 3 is 2.00 bits per heavy atom. The van der Waals surface area contributed by atoms with Crippen LogP contribution in [-0.2, 0) is 0 Å². The Balaban J connectivity index is 2.40. The first-order chi connectivity index (χ1) is 9.34. The van der Waals surface area contributed by atoms with Crippen molar-refractivity contribution in [3.05, 3.63) is 72.3 Å². The molecule has 0 spiro atoms. The van der Waals surface area contributed by atoms with Crippen molar-refractivity contribution in [3.8, 4) is 0 Å². The Labute approximate surface area is 112 Å². The van der Waals surface area contributed by atoms with E-state index in [0.717, 1.165) is 0 Å². The van der Waals surface area contributed by atoms with E-state index in [-0.39, 0.29) is 0 Å². The van der Waals surface area contributed by atoms with Gasteiger partial charge in [0.15, 0.2) is 0 Å². The lowest BCUT2D eigenvalue weighted by Crippen LogP contribution is -1.83. The van der Waals surface area contributed by atoms with E-state index in [4.69, 9.17) is 0 Å². The molecule has 0 saturated heterocycles. The summed E-state index contributed by atoms with van der Waals surface area (Å²) in [4.78, 5) is 0. The van der Waals surface area contributed by atoms with Gasteiger partial charge in [-0.15, -0.1) is 0 Å². The van der Waals surface area contributed by atoms with E-state index in [1.165, 1.54) is 37.9 Å². The van der Waals surface area contributed by atoms with Gasteiger partial charge in [-0.25, -0.2) is 0 Å². The number of fused-ring (bicyclic) bond motifs is 5. The van der Waals surface area contributed by atoms with Crippen LogP contribution in [0.3, 0.4) is 0 Å². The smallest absolute Gasteiger partial charge is 0.00242 e. The lowest BCUT2D eigenvalue weighted by atomic mass is 9.94. The molecule has 0 N–H and O–H groups in total. The molecule has 0 aliphatic heterocycles. The van der Waals surface area contributed by atoms with E-state index in [0.29, 0.717) is 0 Å². The van der Waals surface area contributed by atoms with E-state index < -0.39 is 0 Å². The van der Waals surface area contributed by atoms with Crippen LogP contribution in [0.4, 0.5) is 0 Å². The maximum Gasteiger partial charge on any atom is -0.00242 e. The SMILES string of the molecule is Cc1cccc2ccc3ccc4ccccc4c3c12. The van der Waals surface area contributed by atoms with Crippen LogP contribution in [0.25, 0.3) is 32.3 Å². The van der Waals surface area contributed by atoms with Crippen LogP contribution in [0.15, 0.2) is 66.7 Å². The predicted molar refractivity (Wildman–Crippen MR) is 83.7 cm³/mol. The summed E-state index contributed by atoms with van der Waals surface area (Å²) in [6.45, 7) is 2.20. The number of aryl methyl sites for hydroxylation is 1. The highest BCUT2D eigenvalue weighted by Gasteiger charge is 2.06. The molecule has 0 nitrogen and oxygen atoms in total. The van der Waals surface area contributed by atoms with E-state index in [1.807, 2.05) is 0 Å². The van der Waals surface area contributed by atoms with Gasteiger partial charge in [-0.3, -0.25) is 0 Å². The monoisotopic (exact) mass is 242 g/mol. The van der Waals surface area contributed by atoms with E-state index in [9.17, 15) is 0 Å². The molecule has 0 heteroatoms. The molecular formula is C19H14. The number of benzene rings is 4. The van der Waals surface area contributed by atoms with Crippen LogP contribution in [0.5, 0.6) is 0 Å². The standard InChI is InChI=1S/C19H14/c1-13-5-4-7-15-11-12-16-10-9-14-6-2-3-8-17(14)19(16)18(13)15/h2-12H,1H3. The van der Waals surface area contributed by atoms with Crippen LogP contribution in [0.2, 0.25) is 0 Å². The minimum absolute atomic E-state index is 1.31. The van der Waals surface area contributed by atoms with Gasteiger partial charge in [-0.1, -0.05) is 66.7 Å². The highest BCUT2D eigenvalue weighted by atomic mass is 14.1.